The molecule has 1 N–H and O–H groups in total. The molecule has 2 aliphatic rings. The number of carbonyl (C=O) groups is 3. The van der Waals surface area contributed by atoms with Gasteiger partial charge in [0.15, 0.2) is 5.71 Å². The van der Waals surface area contributed by atoms with E-state index in [0.717, 1.165) is 5.56 Å². The van der Waals surface area contributed by atoms with Gasteiger partial charge in [-0.1, -0.05) is 35.5 Å². The first-order valence-electron chi connectivity index (χ1n) is 11.7. The maximum absolute atomic E-state index is 13.2. The SMILES string of the molecule is CCOC(=O)CO/N=C(/C(=O)N1CCC(N2C(=O)O[C@@H](c3ccccc3)[C@H]2C)CC1)c1ccn[nH]1. The third-order valence-electron chi connectivity index (χ3n) is 6.19. The second-order valence-electron chi connectivity index (χ2n) is 8.37. The van der Waals surface area contributed by atoms with Crippen LogP contribution in [0, 0.1) is 0 Å². The Labute approximate surface area is 203 Å². The smallest absolute Gasteiger partial charge is 0.411 e. The minimum atomic E-state index is -0.575. The van der Waals surface area contributed by atoms with Crippen LogP contribution >= 0.6 is 0 Å². The first-order valence-corrected chi connectivity index (χ1v) is 11.7. The van der Waals surface area contributed by atoms with Crippen molar-refractivity contribution in [2.45, 2.75) is 44.9 Å². The van der Waals surface area contributed by atoms with Gasteiger partial charge < -0.3 is 19.2 Å². The van der Waals surface area contributed by atoms with Crippen molar-refractivity contribution in [2.75, 3.05) is 26.3 Å². The number of amides is 2. The number of H-pyrrole nitrogens is 1. The summed E-state index contributed by atoms with van der Waals surface area (Å²) < 4.78 is 10.5. The zero-order valence-corrected chi connectivity index (χ0v) is 19.8. The number of hydrogen-bond acceptors (Lipinski definition) is 8. The van der Waals surface area contributed by atoms with E-state index in [9.17, 15) is 14.4 Å². The number of rotatable bonds is 8. The number of carbonyl (C=O) groups excluding carboxylic acids is 3. The number of aromatic nitrogens is 2. The number of nitrogens with zero attached hydrogens (tertiary/aromatic N) is 4. The molecule has 0 unspecified atom stereocenters. The third-order valence-corrected chi connectivity index (χ3v) is 6.19. The average Bonchev–Trinajstić information content (AvgIpc) is 3.50. The molecular weight excluding hydrogens is 454 g/mol. The van der Waals surface area contributed by atoms with Crippen molar-refractivity contribution >= 4 is 23.7 Å². The molecule has 0 saturated carbocycles. The van der Waals surface area contributed by atoms with Crippen molar-refractivity contribution in [3.05, 3.63) is 53.9 Å². The van der Waals surface area contributed by atoms with Crippen LogP contribution in [-0.2, 0) is 23.9 Å². The minimum absolute atomic E-state index is 0.0170. The monoisotopic (exact) mass is 483 g/mol. The summed E-state index contributed by atoms with van der Waals surface area (Å²) in [4.78, 5) is 46.0. The molecule has 4 rings (SSSR count). The number of hydrogen-bond donors (Lipinski definition) is 1. The van der Waals surface area contributed by atoms with Crippen LogP contribution in [-0.4, -0.2) is 82.1 Å². The van der Waals surface area contributed by atoms with Crippen LogP contribution in [0.5, 0.6) is 0 Å². The fraction of sp³-hybridized carbons (Fsp3) is 0.458. The lowest BCUT2D eigenvalue weighted by Gasteiger charge is -2.37. The number of esters is 1. The summed E-state index contributed by atoms with van der Waals surface area (Å²) >= 11 is 0. The molecule has 2 aromatic rings. The van der Waals surface area contributed by atoms with Gasteiger partial charge >= 0.3 is 12.1 Å². The molecule has 2 saturated heterocycles. The second kappa shape index (κ2) is 11.0. The lowest BCUT2D eigenvalue weighted by molar-refractivity contribution is -0.148. The molecule has 1 aromatic heterocycles. The van der Waals surface area contributed by atoms with Crippen molar-refractivity contribution in [2.24, 2.45) is 5.16 Å². The van der Waals surface area contributed by atoms with Crippen LogP contribution in [0.1, 0.15) is 44.1 Å². The van der Waals surface area contributed by atoms with Gasteiger partial charge in [0.05, 0.1) is 18.3 Å². The van der Waals surface area contributed by atoms with Gasteiger partial charge in [0, 0.05) is 25.3 Å². The summed E-state index contributed by atoms with van der Waals surface area (Å²) in [6.07, 6.45) is 2.06. The topological polar surface area (TPSA) is 126 Å². The van der Waals surface area contributed by atoms with E-state index in [-0.39, 0.29) is 42.5 Å². The molecule has 3 heterocycles. The van der Waals surface area contributed by atoms with Gasteiger partial charge in [0.25, 0.3) is 5.91 Å². The van der Waals surface area contributed by atoms with Gasteiger partial charge in [0.1, 0.15) is 6.10 Å². The molecule has 11 nitrogen and oxygen atoms in total. The maximum Gasteiger partial charge on any atom is 0.411 e. The minimum Gasteiger partial charge on any atom is -0.463 e. The van der Waals surface area contributed by atoms with E-state index in [0.29, 0.717) is 31.6 Å². The largest absolute Gasteiger partial charge is 0.463 e. The van der Waals surface area contributed by atoms with Gasteiger partial charge in [-0.15, -0.1) is 0 Å². The molecule has 11 heteroatoms. The molecule has 35 heavy (non-hydrogen) atoms. The average molecular weight is 484 g/mol. The molecule has 2 fully saturated rings. The van der Waals surface area contributed by atoms with Gasteiger partial charge in [-0.05, 0) is 38.3 Å². The fourth-order valence-electron chi connectivity index (χ4n) is 4.49. The molecule has 2 aliphatic heterocycles. The van der Waals surface area contributed by atoms with Gasteiger partial charge in [-0.2, -0.15) is 5.10 Å². The Bertz CT molecular complexity index is 1050. The summed E-state index contributed by atoms with van der Waals surface area (Å²) in [5.41, 5.74) is 1.36. The zero-order valence-electron chi connectivity index (χ0n) is 19.8. The number of cyclic esters (lactones) is 1. The Kier molecular flexibility index (Phi) is 7.64. The Hall–Kier alpha value is -3.89. The predicted molar refractivity (Wildman–Crippen MR) is 124 cm³/mol. The summed E-state index contributed by atoms with van der Waals surface area (Å²) in [5.74, 6) is -0.926. The van der Waals surface area contributed by atoms with E-state index in [2.05, 4.69) is 15.4 Å². The maximum atomic E-state index is 13.2. The zero-order chi connectivity index (χ0) is 24.8. The Morgan fingerprint density at radius 2 is 1.94 bits per heavy atom. The van der Waals surface area contributed by atoms with Gasteiger partial charge in [-0.3, -0.25) is 14.8 Å². The second-order valence-corrected chi connectivity index (χ2v) is 8.37. The van der Waals surface area contributed by atoms with E-state index in [4.69, 9.17) is 14.3 Å². The molecule has 0 radical (unpaired) electrons. The summed E-state index contributed by atoms with van der Waals surface area (Å²) in [5, 5.41) is 10.5. The highest BCUT2D eigenvalue weighted by Crippen LogP contribution is 2.35. The number of nitrogens with one attached hydrogen (secondary N) is 1. The Balaban J connectivity index is 1.39. The van der Waals surface area contributed by atoms with E-state index in [1.165, 1.54) is 6.20 Å². The Morgan fingerprint density at radius 1 is 1.20 bits per heavy atom. The lowest BCUT2D eigenvalue weighted by Crippen LogP contribution is -2.50. The Morgan fingerprint density at radius 3 is 2.60 bits per heavy atom. The first-order chi connectivity index (χ1) is 17.0. The van der Waals surface area contributed by atoms with E-state index < -0.39 is 12.6 Å². The summed E-state index contributed by atoms with van der Waals surface area (Å²) in [6.45, 7) is 4.36. The van der Waals surface area contributed by atoms with Crippen LogP contribution in [0.2, 0.25) is 0 Å². The fourth-order valence-corrected chi connectivity index (χ4v) is 4.49. The number of oxime groups is 1. The van der Waals surface area contributed by atoms with Crippen molar-refractivity contribution in [3.63, 3.8) is 0 Å². The molecule has 2 amide bonds. The first kappa shape index (κ1) is 24.2. The van der Waals surface area contributed by atoms with Crippen LogP contribution in [0.3, 0.4) is 0 Å². The molecule has 186 valence electrons. The van der Waals surface area contributed by atoms with Crippen LogP contribution < -0.4 is 0 Å². The number of likely N-dealkylation sites (tertiary alicyclic amines) is 1. The predicted octanol–water partition coefficient (Wildman–Crippen LogP) is 2.27. The van der Waals surface area contributed by atoms with E-state index >= 15 is 0 Å². The molecule has 0 bridgehead atoms. The van der Waals surface area contributed by atoms with Crippen LogP contribution in [0.25, 0.3) is 0 Å². The van der Waals surface area contributed by atoms with E-state index in [1.54, 1.807) is 22.8 Å². The quantitative estimate of drug-likeness (QED) is 0.347. The van der Waals surface area contributed by atoms with Crippen molar-refractivity contribution in [1.82, 2.24) is 20.0 Å². The summed E-state index contributed by atoms with van der Waals surface area (Å²) in [6, 6.07) is 11.1. The molecule has 0 spiro atoms. The highest BCUT2D eigenvalue weighted by molar-refractivity contribution is 6.44. The van der Waals surface area contributed by atoms with Crippen molar-refractivity contribution in [1.29, 1.82) is 0 Å². The number of piperidine rings is 1. The molecule has 2 atom stereocenters. The number of ether oxygens (including phenoxy) is 2. The molecular formula is C24H29N5O6. The van der Waals surface area contributed by atoms with Crippen molar-refractivity contribution < 1.29 is 28.7 Å². The third kappa shape index (κ3) is 5.44. The highest BCUT2D eigenvalue weighted by Gasteiger charge is 2.44. The summed E-state index contributed by atoms with van der Waals surface area (Å²) in [7, 11) is 0. The normalized spacial score (nSPS) is 21.1. The number of aromatic amines is 1. The van der Waals surface area contributed by atoms with Crippen LogP contribution in [0.15, 0.2) is 47.8 Å². The van der Waals surface area contributed by atoms with E-state index in [1.807, 2.05) is 37.3 Å². The van der Waals surface area contributed by atoms with Crippen molar-refractivity contribution in [3.8, 4) is 0 Å². The highest BCUT2D eigenvalue weighted by atomic mass is 16.7. The van der Waals surface area contributed by atoms with Crippen LogP contribution in [0.4, 0.5) is 4.79 Å². The molecule has 0 aliphatic carbocycles. The number of benzene rings is 1. The van der Waals surface area contributed by atoms with Gasteiger partial charge in [-0.25, -0.2) is 9.59 Å². The van der Waals surface area contributed by atoms with Gasteiger partial charge in [0.2, 0.25) is 6.61 Å². The molecule has 1 aromatic carbocycles. The lowest BCUT2D eigenvalue weighted by atomic mass is 9.98. The standard InChI is InChI=1S/C24H29N5O6/c1-3-33-20(30)15-34-27-21(19-9-12-25-26-19)23(31)28-13-10-18(11-14-28)29-16(2)22(35-24(29)32)17-7-5-4-6-8-17/h4-9,12,16,18,22H,3,10-11,13-15H2,1-2H3,(H,25,26)/b27-21+/t16-,22-/m1/s1.